The van der Waals surface area contributed by atoms with Crippen molar-refractivity contribution in [2.24, 2.45) is 17.6 Å². The van der Waals surface area contributed by atoms with E-state index in [4.69, 9.17) is 5.73 Å². The second-order valence-electron chi connectivity index (χ2n) is 3.70. The molecule has 1 saturated carbocycles. The number of alkyl halides is 3. The van der Waals surface area contributed by atoms with Gasteiger partial charge in [0.05, 0.1) is 0 Å². The van der Waals surface area contributed by atoms with Crippen molar-refractivity contribution in [2.75, 3.05) is 0 Å². The molecule has 4 heteroatoms. The van der Waals surface area contributed by atoms with Crippen LogP contribution >= 0.6 is 0 Å². The minimum absolute atomic E-state index is 0.0775. The molecule has 0 radical (unpaired) electrons. The van der Waals surface area contributed by atoms with Crippen LogP contribution in [0, 0.1) is 11.8 Å². The number of hydrogen-bond acceptors (Lipinski definition) is 1. The van der Waals surface area contributed by atoms with Gasteiger partial charge in [0.25, 0.3) is 0 Å². The summed E-state index contributed by atoms with van der Waals surface area (Å²) in [6, 6.07) is -1.63. The summed E-state index contributed by atoms with van der Waals surface area (Å²) in [5.41, 5.74) is 4.99. The molecule has 0 aromatic rings. The molecule has 0 aliphatic heterocycles. The topological polar surface area (TPSA) is 26.0 Å². The van der Waals surface area contributed by atoms with Gasteiger partial charge in [-0.2, -0.15) is 13.2 Å². The zero-order valence-electron chi connectivity index (χ0n) is 7.06. The van der Waals surface area contributed by atoms with E-state index in [1.807, 2.05) is 6.92 Å². The van der Waals surface area contributed by atoms with E-state index in [1.165, 1.54) is 0 Å². The zero-order chi connectivity index (χ0) is 9.35. The molecule has 0 aromatic heterocycles. The van der Waals surface area contributed by atoms with Crippen LogP contribution in [0.2, 0.25) is 0 Å². The zero-order valence-corrected chi connectivity index (χ0v) is 7.06. The Morgan fingerprint density at radius 3 is 2.25 bits per heavy atom. The van der Waals surface area contributed by atoms with Crippen LogP contribution in [0.4, 0.5) is 13.2 Å². The van der Waals surface area contributed by atoms with Gasteiger partial charge in [-0.3, -0.25) is 0 Å². The number of rotatable bonds is 3. The van der Waals surface area contributed by atoms with Gasteiger partial charge in [-0.1, -0.05) is 6.92 Å². The lowest BCUT2D eigenvalue weighted by Crippen LogP contribution is -2.38. The van der Waals surface area contributed by atoms with Crippen molar-refractivity contribution in [1.82, 2.24) is 0 Å². The van der Waals surface area contributed by atoms with Gasteiger partial charge in [-0.05, 0) is 31.1 Å². The first-order valence-electron chi connectivity index (χ1n) is 4.23. The highest BCUT2D eigenvalue weighted by Crippen LogP contribution is 2.39. The first-order chi connectivity index (χ1) is 5.41. The molecule has 1 nitrogen and oxygen atoms in total. The van der Waals surface area contributed by atoms with Gasteiger partial charge in [0.15, 0.2) is 0 Å². The van der Waals surface area contributed by atoms with Crippen LogP contribution in [0.3, 0.4) is 0 Å². The van der Waals surface area contributed by atoms with E-state index < -0.39 is 12.2 Å². The van der Waals surface area contributed by atoms with Gasteiger partial charge in [0, 0.05) is 0 Å². The Balaban J connectivity index is 2.29. The lowest BCUT2D eigenvalue weighted by atomic mass is 9.97. The number of halogens is 3. The molecule has 2 atom stereocenters. The van der Waals surface area contributed by atoms with E-state index in [9.17, 15) is 13.2 Å². The van der Waals surface area contributed by atoms with Gasteiger partial charge >= 0.3 is 6.18 Å². The summed E-state index contributed by atoms with van der Waals surface area (Å²) in [5.74, 6) is 0.625. The maximum absolute atomic E-state index is 12.0. The smallest absolute Gasteiger partial charge is 0.320 e. The average molecular weight is 181 g/mol. The summed E-state index contributed by atoms with van der Waals surface area (Å²) in [4.78, 5) is 0. The quantitative estimate of drug-likeness (QED) is 0.710. The van der Waals surface area contributed by atoms with Crippen molar-refractivity contribution in [2.45, 2.75) is 38.4 Å². The first-order valence-corrected chi connectivity index (χ1v) is 4.23. The van der Waals surface area contributed by atoms with Gasteiger partial charge in [0.2, 0.25) is 0 Å². The van der Waals surface area contributed by atoms with Crippen LogP contribution in [0.1, 0.15) is 26.2 Å². The summed E-state index contributed by atoms with van der Waals surface area (Å²) < 4.78 is 35.9. The van der Waals surface area contributed by atoms with Crippen molar-refractivity contribution in [3.05, 3.63) is 0 Å². The summed E-state index contributed by atoms with van der Waals surface area (Å²) in [6.07, 6.45) is -1.99. The van der Waals surface area contributed by atoms with E-state index in [0.29, 0.717) is 5.92 Å². The fourth-order valence-corrected chi connectivity index (χ4v) is 1.39. The minimum Gasteiger partial charge on any atom is -0.320 e. The predicted octanol–water partition coefficient (Wildman–Crippen LogP) is 2.31. The van der Waals surface area contributed by atoms with Crippen LogP contribution < -0.4 is 5.73 Å². The Labute approximate surface area is 70.1 Å². The van der Waals surface area contributed by atoms with Crippen molar-refractivity contribution >= 4 is 0 Å². The van der Waals surface area contributed by atoms with E-state index in [0.717, 1.165) is 12.8 Å². The van der Waals surface area contributed by atoms with Crippen molar-refractivity contribution < 1.29 is 13.2 Å². The van der Waals surface area contributed by atoms with Crippen LogP contribution in [0.25, 0.3) is 0 Å². The number of nitrogens with two attached hydrogens (primary N) is 1. The molecule has 1 aliphatic rings. The maximum Gasteiger partial charge on any atom is 0.403 e. The molecule has 12 heavy (non-hydrogen) atoms. The molecule has 1 rings (SSSR count). The van der Waals surface area contributed by atoms with Gasteiger partial charge in [-0.25, -0.2) is 0 Å². The molecule has 0 heterocycles. The third kappa shape index (κ3) is 2.66. The van der Waals surface area contributed by atoms with Crippen molar-refractivity contribution in [3.63, 3.8) is 0 Å². The van der Waals surface area contributed by atoms with Crippen molar-refractivity contribution in [1.29, 1.82) is 0 Å². The van der Waals surface area contributed by atoms with Crippen LogP contribution in [0.15, 0.2) is 0 Å². The molecule has 1 aliphatic carbocycles. The van der Waals surface area contributed by atoms with Gasteiger partial charge in [0.1, 0.15) is 6.04 Å². The monoisotopic (exact) mass is 181 g/mol. The third-order valence-corrected chi connectivity index (χ3v) is 2.47. The molecule has 2 N–H and O–H groups in total. The lowest BCUT2D eigenvalue weighted by Gasteiger charge is -2.19. The molecular weight excluding hydrogens is 167 g/mol. The molecule has 2 unspecified atom stereocenters. The Kier molecular flexibility index (Phi) is 2.66. The largest absolute Gasteiger partial charge is 0.403 e. The molecule has 1 fully saturated rings. The van der Waals surface area contributed by atoms with Gasteiger partial charge in [-0.15, -0.1) is 0 Å². The standard InChI is InChI=1S/C8H14F3N/c1-5(6-2-3-6)4-7(12)8(9,10)11/h5-7H,2-4,12H2,1H3. The third-order valence-electron chi connectivity index (χ3n) is 2.47. The Morgan fingerprint density at radius 1 is 1.42 bits per heavy atom. The fraction of sp³-hybridized carbons (Fsp3) is 1.00. The van der Waals surface area contributed by atoms with Gasteiger partial charge < -0.3 is 5.73 Å². The van der Waals surface area contributed by atoms with E-state index in [2.05, 4.69) is 0 Å². The molecule has 72 valence electrons. The second kappa shape index (κ2) is 3.24. The van der Waals surface area contributed by atoms with Crippen LogP contribution in [-0.4, -0.2) is 12.2 Å². The molecule has 0 aromatic carbocycles. The highest BCUT2D eigenvalue weighted by atomic mass is 19.4. The molecule has 0 saturated heterocycles. The molecule has 0 amide bonds. The van der Waals surface area contributed by atoms with E-state index >= 15 is 0 Å². The molecule has 0 spiro atoms. The summed E-state index contributed by atoms with van der Waals surface area (Å²) in [5, 5.41) is 0. The summed E-state index contributed by atoms with van der Waals surface area (Å²) in [6.45, 7) is 1.85. The maximum atomic E-state index is 12.0. The average Bonchev–Trinajstić information content (AvgIpc) is 2.65. The second-order valence-corrected chi connectivity index (χ2v) is 3.70. The lowest BCUT2D eigenvalue weighted by molar-refractivity contribution is -0.151. The summed E-state index contributed by atoms with van der Waals surface area (Å²) >= 11 is 0. The normalized spacial score (nSPS) is 23.8. The Morgan fingerprint density at radius 2 is 1.92 bits per heavy atom. The van der Waals surface area contributed by atoms with Crippen LogP contribution in [-0.2, 0) is 0 Å². The van der Waals surface area contributed by atoms with Crippen molar-refractivity contribution in [3.8, 4) is 0 Å². The Hall–Kier alpha value is -0.250. The SMILES string of the molecule is CC(CC(N)C(F)(F)F)C1CC1. The van der Waals surface area contributed by atoms with E-state index in [1.54, 1.807) is 0 Å². The fourth-order valence-electron chi connectivity index (χ4n) is 1.39. The highest BCUT2D eigenvalue weighted by molar-refractivity contribution is 4.83. The molecular formula is C8H14F3N. The summed E-state index contributed by atoms with van der Waals surface area (Å²) in [7, 11) is 0. The predicted molar refractivity (Wildman–Crippen MR) is 40.5 cm³/mol. The molecule has 0 bridgehead atoms. The van der Waals surface area contributed by atoms with E-state index in [-0.39, 0.29) is 12.3 Å². The highest BCUT2D eigenvalue weighted by Gasteiger charge is 2.39. The minimum atomic E-state index is -4.22. The van der Waals surface area contributed by atoms with Crippen LogP contribution in [0.5, 0.6) is 0 Å². The Bertz CT molecular complexity index is 151. The number of hydrogen-bond donors (Lipinski definition) is 1. The first kappa shape index (κ1) is 9.84.